The molecular weight excluding hydrogens is 248 g/mol. The van der Waals surface area contributed by atoms with E-state index < -0.39 is 5.97 Å². The summed E-state index contributed by atoms with van der Waals surface area (Å²) in [7, 11) is 0. The molecule has 0 bridgehead atoms. The summed E-state index contributed by atoms with van der Waals surface area (Å²) in [6.07, 6.45) is 2.70. The summed E-state index contributed by atoms with van der Waals surface area (Å²) >= 11 is 0. The van der Waals surface area contributed by atoms with Gasteiger partial charge in [0.05, 0.1) is 12.1 Å². The average Bonchev–Trinajstić information content (AvgIpc) is 2.75. The van der Waals surface area contributed by atoms with Crippen molar-refractivity contribution in [3.05, 3.63) is 0 Å². The van der Waals surface area contributed by atoms with E-state index in [0.717, 1.165) is 19.3 Å². The molecule has 0 spiro atoms. The fraction of sp³-hybridized carbons (Fsp3) is 0.846. The first kappa shape index (κ1) is 14.1. The lowest BCUT2D eigenvalue weighted by atomic mass is 9.94. The third-order valence-corrected chi connectivity index (χ3v) is 4.05. The number of likely N-dealkylation sites (tertiary alicyclic amines) is 1. The number of amides is 2. The van der Waals surface area contributed by atoms with Gasteiger partial charge in [-0.15, -0.1) is 0 Å². The highest BCUT2D eigenvalue weighted by Gasteiger charge is 2.29. The van der Waals surface area contributed by atoms with Crippen LogP contribution in [-0.2, 0) is 9.53 Å². The van der Waals surface area contributed by atoms with Crippen molar-refractivity contribution in [2.75, 3.05) is 19.7 Å². The van der Waals surface area contributed by atoms with Gasteiger partial charge in [0.25, 0.3) is 0 Å². The SMILES string of the molecule is CC1OCCC1NC(=O)N1CCC(CC(=O)O)CC1. The number of hydrogen-bond acceptors (Lipinski definition) is 3. The fourth-order valence-corrected chi connectivity index (χ4v) is 2.76. The Morgan fingerprint density at radius 3 is 2.53 bits per heavy atom. The number of carbonyl (C=O) groups is 2. The minimum absolute atomic E-state index is 0.0453. The maximum Gasteiger partial charge on any atom is 0.317 e. The van der Waals surface area contributed by atoms with Crippen LogP contribution in [0.15, 0.2) is 0 Å². The number of rotatable bonds is 3. The standard InChI is InChI=1S/C13H22N2O4/c1-9-11(4-7-19-9)14-13(18)15-5-2-10(3-6-15)8-12(16)17/h9-11H,2-8H2,1H3,(H,14,18)(H,16,17). The summed E-state index contributed by atoms with van der Waals surface area (Å²) in [6, 6.07) is 0.0559. The summed E-state index contributed by atoms with van der Waals surface area (Å²) < 4.78 is 5.42. The number of aliphatic carboxylic acids is 1. The van der Waals surface area contributed by atoms with Gasteiger partial charge < -0.3 is 20.1 Å². The fourth-order valence-electron chi connectivity index (χ4n) is 2.76. The number of nitrogens with zero attached hydrogens (tertiary/aromatic N) is 1. The molecule has 0 aromatic heterocycles. The van der Waals surface area contributed by atoms with Gasteiger partial charge >= 0.3 is 12.0 Å². The van der Waals surface area contributed by atoms with Crippen LogP contribution in [0.25, 0.3) is 0 Å². The van der Waals surface area contributed by atoms with Crippen LogP contribution >= 0.6 is 0 Å². The topological polar surface area (TPSA) is 78.9 Å². The third-order valence-electron chi connectivity index (χ3n) is 4.05. The zero-order chi connectivity index (χ0) is 13.8. The predicted molar refractivity (Wildman–Crippen MR) is 68.9 cm³/mol. The van der Waals surface area contributed by atoms with E-state index in [1.54, 1.807) is 4.90 Å². The van der Waals surface area contributed by atoms with Crippen LogP contribution in [0.2, 0.25) is 0 Å². The molecule has 6 nitrogen and oxygen atoms in total. The molecule has 2 amide bonds. The molecule has 19 heavy (non-hydrogen) atoms. The Morgan fingerprint density at radius 1 is 1.32 bits per heavy atom. The molecule has 2 fully saturated rings. The van der Waals surface area contributed by atoms with Crippen LogP contribution in [0.3, 0.4) is 0 Å². The van der Waals surface area contributed by atoms with Crippen LogP contribution in [0.4, 0.5) is 4.79 Å². The van der Waals surface area contributed by atoms with Gasteiger partial charge in [0, 0.05) is 26.1 Å². The summed E-state index contributed by atoms with van der Waals surface area (Å²) in [5.41, 5.74) is 0. The maximum absolute atomic E-state index is 12.1. The van der Waals surface area contributed by atoms with E-state index in [9.17, 15) is 9.59 Å². The van der Waals surface area contributed by atoms with Gasteiger partial charge in [-0.2, -0.15) is 0 Å². The molecule has 2 unspecified atom stereocenters. The minimum Gasteiger partial charge on any atom is -0.481 e. The van der Waals surface area contributed by atoms with Gasteiger partial charge in [0.2, 0.25) is 0 Å². The quantitative estimate of drug-likeness (QED) is 0.803. The molecule has 2 saturated heterocycles. The Hall–Kier alpha value is -1.30. The van der Waals surface area contributed by atoms with Gasteiger partial charge in [-0.25, -0.2) is 4.79 Å². The Labute approximate surface area is 113 Å². The van der Waals surface area contributed by atoms with Gasteiger partial charge in [-0.1, -0.05) is 0 Å². The van der Waals surface area contributed by atoms with Gasteiger partial charge in [-0.3, -0.25) is 4.79 Å². The first-order valence-electron chi connectivity index (χ1n) is 6.95. The Morgan fingerprint density at radius 2 is 2.00 bits per heavy atom. The average molecular weight is 270 g/mol. The van der Waals surface area contributed by atoms with E-state index >= 15 is 0 Å². The molecule has 2 aliphatic heterocycles. The highest BCUT2D eigenvalue weighted by Crippen LogP contribution is 2.21. The number of urea groups is 1. The van der Waals surface area contributed by atoms with E-state index in [0.29, 0.717) is 19.7 Å². The lowest BCUT2D eigenvalue weighted by molar-refractivity contribution is -0.138. The molecular formula is C13H22N2O4. The number of ether oxygens (including phenoxy) is 1. The number of carboxylic acids is 1. The van der Waals surface area contributed by atoms with Gasteiger partial charge in [0.1, 0.15) is 0 Å². The molecule has 2 aliphatic rings. The van der Waals surface area contributed by atoms with Crippen molar-refractivity contribution >= 4 is 12.0 Å². The van der Waals surface area contributed by atoms with E-state index in [1.165, 1.54) is 0 Å². The number of nitrogens with one attached hydrogen (secondary N) is 1. The molecule has 2 N–H and O–H groups in total. The molecule has 0 saturated carbocycles. The number of carboxylic acid groups (broad SMARTS) is 1. The largest absolute Gasteiger partial charge is 0.481 e. The molecule has 0 aliphatic carbocycles. The molecule has 2 rings (SSSR count). The normalized spacial score (nSPS) is 28.4. The van der Waals surface area contributed by atoms with E-state index in [4.69, 9.17) is 9.84 Å². The second-order valence-corrected chi connectivity index (χ2v) is 5.45. The van der Waals surface area contributed by atoms with Gasteiger partial charge in [0.15, 0.2) is 0 Å². The predicted octanol–water partition coefficient (Wildman–Crippen LogP) is 1.06. The molecule has 0 aromatic rings. The Balaban J connectivity index is 1.74. The zero-order valence-corrected chi connectivity index (χ0v) is 11.3. The highest BCUT2D eigenvalue weighted by atomic mass is 16.5. The Bertz CT molecular complexity index is 340. The van der Waals surface area contributed by atoms with Crippen molar-refractivity contribution in [3.63, 3.8) is 0 Å². The molecule has 6 heteroatoms. The molecule has 2 atom stereocenters. The Kier molecular flexibility index (Phi) is 4.63. The lowest BCUT2D eigenvalue weighted by Gasteiger charge is -2.32. The van der Waals surface area contributed by atoms with Crippen LogP contribution in [0.1, 0.15) is 32.6 Å². The van der Waals surface area contributed by atoms with E-state index in [2.05, 4.69) is 5.32 Å². The summed E-state index contributed by atoms with van der Waals surface area (Å²) in [5.74, 6) is -0.546. The first-order chi connectivity index (χ1) is 9.06. The third kappa shape index (κ3) is 3.83. The van der Waals surface area contributed by atoms with Crippen LogP contribution in [0.5, 0.6) is 0 Å². The second kappa shape index (κ2) is 6.23. The van der Waals surface area contributed by atoms with E-state index in [-0.39, 0.29) is 30.5 Å². The van der Waals surface area contributed by atoms with Crippen molar-refractivity contribution in [1.82, 2.24) is 10.2 Å². The van der Waals surface area contributed by atoms with Crippen molar-refractivity contribution in [2.24, 2.45) is 5.92 Å². The van der Waals surface area contributed by atoms with Crippen LogP contribution in [0, 0.1) is 5.92 Å². The van der Waals surface area contributed by atoms with E-state index in [1.807, 2.05) is 6.92 Å². The molecule has 2 heterocycles. The lowest BCUT2D eigenvalue weighted by Crippen LogP contribution is -2.49. The van der Waals surface area contributed by atoms with Crippen molar-refractivity contribution < 1.29 is 19.4 Å². The summed E-state index contributed by atoms with van der Waals surface area (Å²) in [5, 5.41) is 11.8. The minimum atomic E-state index is -0.750. The molecule has 0 radical (unpaired) electrons. The summed E-state index contributed by atoms with van der Waals surface area (Å²) in [4.78, 5) is 24.5. The number of carbonyl (C=O) groups excluding carboxylic acids is 1. The zero-order valence-electron chi connectivity index (χ0n) is 11.3. The maximum atomic E-state index is 12.1. The molecule has 108 valence electrons. The smallest absolute Gasteiger partial charge is 0.317 e. The monoisotopic (exact) mass is 270 g/mol. The first-order valence-corrected chi connectivity index (χ1v) is 6.95. The van der Waals surface area contributed by atoms with Crippen molar-refractivity contribution in [1.29, 1.82) is 0 Å². The highest BCUT2D eigenvalue weighted by molar-refractivity contribution is 5.74. The van der Waals surface area contributed by atoms with Crippen molar-refractivity contribution in [2.45, 2.75) is 44.8 Å². The van der Waals surface area contributed by atoms with Gasteiger partial charge in [-0.05, 0) is 32.1 Å². The number of piperidine rings is 1. The van der Waals surface area contributed by atoms with Crippen molar-refractivity contribution in [3.8, 4) is 0 Å². The van der Waals surface area contributed by atoms with Crippen LogP contribution in [-0.4, -0.2) is 53.8 Å². The summed E-state index contributed by atoms with van der Waals surface area (Å²) in [6.45, 7) is 3.96. The van der Waals surface area contributed by atoms with Crippen LogP contribution < -0.4 is 5.32 Å². The second-order valence-electron chi connectivity index (χ2n) is 5.45. The number of hydrogen-bond donors (Lipinski definition) is 2. The molecule has 0 aromatic carbocycles.